The Balaban J connectivity index is 2.33. The molecule has 0 aromatic heterocycles. The van der Waals surface area contributed by atoms with Crippen LogP contribution in [0.15, 0.2) is 36.4 Å². The number of para-hydroxylation sites is 1. The summed E-state index contributed by atoms with van der Waals surface area (Å²) in [6.45, 7) is 0. The molecule has 0 bridgehead atoms. The largest absolute Gasteiger partial charge is 0.321 e. The monoisotopic (exact) mass is 313 g/mol. The van der Waals surface area contributed by atoms with Gasteiger partial charge in [-0.25, -0.2) is 4.39 Å². The first-order valence-corrected chi connectivity index (χ1v) is 6.30. The summed E-state index contributed by atoms with van der Waals surface area (Å²) in [7, 11) is 0. The molecule has 1 amide bonds. The maximum atomic E-state index is 13.5. The number of rotatable bonds is 3. The van der Waals surface area contributed by atoms with Crippen molar-refractivity contribution in [1.82, 2.24) is 0 Å². The second kappa shape index (κ2) is 6.09. The first kappa shape index (κ1) is 14.6. The molecule has 0 saturated heterocycles. The number of nitrogen functional groups attached to an aromatic ring is 1. The van der Waals surface area contributed by atoms with Crippen LogP contribution >= 0.6 is 23.2 Å². The highest BCUT2D eigenvalue weighted by Gasteiger charge is 2.15. The van der Waals surface area contributed by atoms with E-state index in [1.54, 1.807) is 12.1 Å². The zero-order valence-electron chi connectivity index (χ0n) is 10.1. The van der Waals surface area contributed by atoms with E-state index in [0.29, 0.717) is 15.7 Å². The van der Waals surface area contributed by atoms with Crippen molar-refractivity contribution in [3.8, 4) is 0 Å². The molecule has 0 aliphatic carbocycles. The molecule has 4 N–H and O–H groups in total. The van der Waals surface area contributed by atoms with Gasteiger partial charge in [-0.15, -0.1) is 0 Å². The smallest absolute Gasteiger partial charge is 0.257 e. The SMILES string of the molecule is NNc1c(F)cccc1C(=O)Nc1cc(Cl)ccc1Cl. The highest BCUT2D eigenvalue weighted by Crippen LogP contribution is 2.27. The maximum Gasteiger partial charge on any atom is 0.257 e. The third-order valence-corrected chi connectivity index (χ3v) is 3.14. The van der Waals surface area contributed by atoms with Gasteiger partial charge in [0.25, 0.3) is 5.91 Å². The van der Waals surface area contributed by atoms with Gasteiger partial charge in [0.1, 0.15) is 5.82 Å². The molecule has 0 radical (unpaired) electrons. The van der Waals surface area contributed by atoms with Crippen LogP contribution in [-0.4, -0.2) is 5.91 Å². The average Bonchev–Trinajstić information content (AvgIpc) is 2.42. The number of hydrogen-bond donors (Lipinski definition) is 3. The van der Waals surface area contributed by atoms with E-state index in [0.717, 1.165) is 0 Å². The number of nitrogens with two attached hydrogens (primary N) is 1. The molecule has 0 saturated carbocycles. The zero-order valence-corrected chi connectivity index (χ0v) is 11.6. The van der Waals surface area contributed by atoms with Gasteiger partial charge in [-0.2, -0.15) is 0 Å². The predicted molar refractivity (Wildman–Crippen MR) is 78.6 cm³/mol. The highest BCUT2D eigenvalue weighted by atomic mass is 35.5. The predicted octanol–water partition coefficient (Wildman–Crippen LogP) is 3.67. The van der Waals surface area contributed by atoms with E-state index in [1.807, 2.05) is 0 Å². The van der Waals surface area contributed by atoms with Crippen LogP contribution in [0.5, 0.6) is 0 Å². The molecule has 2 aromatic carbocycles. The Hall–Kier alpha value is -1.82. The number of halogens is 3. The number of hydrazine groups is 1. The number of hydrogen-bond acceptors (Lipinski definition) is 3. The molecule has 0 fully saturated rings. The minimum atomic E-state index is -0.627. The summed E-state index contributed by atoms with van der Waals surface area (Å²) in [6.07, 6.45) is 0. The Kier molecular flexibility index (Phi) is 4.44. The molecule has 0 atom stereocenters. The molecule has 7 heteroatoms. The third-order valence-electron chi connectivity index (χ3n) is 2.58. The lowest BCUT2D eigenvalue weighted by Gasteiger charge is -2.11. The first-order valence-electron chi connectivity index (χ1n) is 5.54. The fraction of sp³-hybridized carbons (Fsp3) is 0. The molecule has 0 aliphatic heterocycles. The summed E-state index contributed by atoms with van der Waals surface area (Å²) in [5.74, 6) is 4.04. The van der Waals surface area contributed by atoms with E-state index in [-0.39, 0.29) is 11.3 Å². The Bertz CT molecular complexity index is 664. The van der Waals surface area contributed by atoms with Crippen molar-refractivity contribution in [2.75, 3.05) is 10.7 Å². The number of carbonyl (C=O) groups excluding carboxylic acids is 1. The van der Waals surface area contributed by atoms with Crippen LogP contribution in [0.4, 0.5) is 15.8 Å². The van der Waals surface area contributed by atoms with E-state index in [4.69, 9.17) is 29.0 Å². The first-order chi connectivity index (χ1) is 9.52. The quantitative estimate of drug-likeness (QED) is 0.598. The summed E-state index contributed by atoms with van der Waals surface area (Å²) in [5.41, 5.74) is 2.46. The molecular weight excluding hydrogens is 304 g/mol. The van der Waals surface area contributed by atoms with Crippen LogP contribution in [0.25, 0.3) is 0 Å². The number of amides is 1. The maximum absolute atomic E-state index is 13.5. The lowest BCUT2D eigenvalue weighted by Crippen LogP contribution is -2.18. The van der Waals surface area contributed by atoms with E-state index >= 15 is 0 Å². The van der Waals surface area contributed by atoms with Crippen LogP contribution in [0.1, 0.15) is 10.4 Å². The Morgan fingerprint density at radius 1 is 1.20 bits per heavy atom. The van der Waals surface area contributed by atoms with Crippen molar-refractivity contribution in [1.29, 1.82) is 0 Å². The minimum Gasteiger partial charge on any atom is -0.321 e. The van der Waals surface area contributed by atoms with Crippen molar-refractivity contribution in [2.45, 2.75) is 0 Å². The second-order valence-corrected chi connectivity index (χ2v) is 4.73. The molecule has 0 spiro atoms. The van der Waals surface area contributed by atoms with Gasteiger partial charge >= 0.3 is 0 Å². The highest BCUT2D eigenvalue weighted by molar-refractivity contribution is 6.36. The molecule has 0 aliphatic rings. The van der Waals surface area contributed by atoms with Crippen LogP contribution in [0.3, 0.4) is 0 Å². The summed E-state index contributed by atoms with van der Waals surface area (Å²) in [4.78, 5) is 12.1. The van der Waals surface area contributed by atoms with Crippen molar-refractivity contribution >= 4 is 40.5 Å². The van der Waals surface area contributed by atoms with Gasteiger partial charge in [-0.1, -0.05) is 29.3 Å². The number of carbonyl (C=O) groups is 1. The van der Waals surface area contributed by atoms with E-state index in [2.05, 4.69) is 10.7 Å². The molecule has 0 heterocycles. The van der Waals surface area contributed by atoms with Crippen molar-refractivity contribution in [2.24, 2.45) is 5.84 Å². The Labute approximate surface area is 124 Å². The van der Waals surface area contributed by atoms with Gasteiger partial charge < -0.3 is 10.7 Å². The molecule has 0 unspecified atom stereocenters. The van der Waals surface area contributed by atoms with Crippen molar-refractivity contribution in [3.63, 3.8) is 0 Å². The molecule has 2 rings (SSSR count). The molecule has 20 heavy (non-hydrogen) atoms. The summed E-state index contributed by atoms with van der Waals surface area (Å²) in [5, 5.41) is 3.29. The van der Waals surface area contributed by atoms with Gasteiger partial charge in [0.2, 0.25) is 0 Å². The third kappa shape index (κ3) is 3.01. The zero-order chi connectivity index (χ0) is 14.7. The summed E-state index contributed by atoms with van der Waals surface area (Å²) < 4.78 is 13.5. The number of benzene rings is 2. The number of nitrogens with one attached hydrogen (secondary N) is 2. The van der Waals surface area contributed by atoms with Crippen LogP contribution < -0.4 is 16.6 Å². The lowest BCUT2D eigenvalue weighted by atomic mass is 10.1. The second-order valence-electron chi connectivity index (χ2n) is 3.89. The fourth-order valence-electron chi connectivity index (χ4n) is 1.64. The number of anilines is 2. The Morgan fingerprint density at radius 2 is 1.95 bits per heavy atom. The van der Waals surface area contributed by atoms with Crippen molar-refractivity contribution in [3.05, 3.63) is 57.8 Å². The molecule has 2 aromatic rings. The van der Waals surface area contributed by atoms with Gasteiger partial charge in [0, 0.05) is 5.02 Å². The van der Waals surface area contributed by atoms with Gasteiger partial charge in [-0.3, -0.25) is 10.6 Å². The molecule has 104 valence electrons. The lowest BCUT2D eigenvalue weighted by molar-refractivity contribution is 0.102. The van der Waals surface area contributed by atoms with E-state index in [1.165, 1.54) is 24.3 Å². The normalized spacial score (nSPS) is 10.2. The van der Waals surface area contributed by atoms with Crippen LogP contribution in [-0.2, 0) is 0 Å². The average molecular weight is 314 g/mol. The minimum absolute atomic E-state index is 0.0588. The summed E-state index contributed by atoms with van der Waals surface area (Å²) in [6, 6.07) is 8.67. The molecule has 4 nitrogen and oxygen atoms in total. The van der Waals surface area contributed by atoms with E-state index in [9.17, 15) is 9.18 Å². The topological polar surface area (TPSA) is 67.1 Å². The van der Waals surface area contributed by atoms with Crippen LogP contribution in [0.2, 0.25) is 10.0 Å². The standard InChI is InChI=1S/C13H10Cl2FN3O/c14-7-4-5-9(15)11(6-7)18-13(20)8-2-1-3-10(16)12(8)19-17/h1-6,19H,17H2,(H,18,20). The Morgan fingerprint density at radius 3 is 2.65 bits per heavy atom. The van der Waals surface area contributed by atoms with E-state index < -0.39 is 11.7 Å². The van der Waals surface area contributed by atoms with Gasteiger partial charge in [-0.05, 0) is 30.3 Å². The fourth-order valence-corrected chi connectivity index (χ4v) is 1.98. The van der Waals surface area contributed by atoms with Gasteiger partial charge in [0.05, 0.1) is 22.0 Å². The summed E-state index contributed by atoms with van der Waals surface area (Å²) >= 11 is 11.8. The van der Waals surface area contributed by atoms with Crippen molar-refractivity contribution < 1.29 is 9.18 Å². The molecular formula is C13H10Cl2FN3O. The van der Waals surface area contributed by atoms with Gasteiger partial charge in [0.15, 0.2) is 0 Å². The van der Waals surface area contributed by atoms with Crippen LogP contribution in [0, 0.1) is 5.82 Å².